The molecule has 1 saturated heterocycles. The van der Waals surface area contributed by atoms with E-state index in [0.29, 0.717) is 36.3 Å². The van der Waals surface area contributed by atoms with Crippen molar-refractivity contribution in [1.29, 1.82) is 0 Å². The number of rotatable bonds is 10. The second-order valence-electron chi connectivity index (χ2n) is 8.14. The molecule has 34 heavy (non-hydrogen) atoms. The maximum absolute atomic E-state index is 13.1. The number of nitrogens with one attached hydrogen (secondary N) is 1. The number of anilines is 1. The number of amidine groups is 1. The molecule has 3 rings (SSSR count). The van der Waals surface area contributed by atoms with E-state index < -0.39 is 16.1 Å². The molecule has 0 saturated carbocycles. The molecule has 10 heteroatoms. The molecule has 2 aromatic rings. The van der Waals surface area contributed by atoms with Gasteiger partial charge in [-0.25, -0.2) is 4.99 Å². The number of benzene rings is 2. The highest BCUT2D eigenvalue weighted by Gasteiger charge is 2.39. The lowest BCUT2D eigenvalue weighted by Crippen LogP contribution is -2.34. The summed E-state index contributed by atoms with van der Waals surface area (Å²) in [5, 5.41) is 13.5. The zero-order valence-electron chi connectivity index (χ0n) is 19.4. The van der Waals surface area contributed by atoms with Gasteiger partial charge in [0.15, 0.2) is 5.17 Å². The summed E-state index contributed by atoms with van der Waals surface area (Å²) < 4.78 is 5.11. The van der Waals surface area contributed by atoms with Crippen LogP contribution in [0.3, 0.4) is 0 Å². The molecule has 1 atom stereocenters. The lowest BCUT2D eigenvalue weighted by Gasteiger charge is -2.16. The molecular weight excluding hydrogens is 456 g/mol. The molecule has 1 aliphatic heterocycles. The summed E-state index contributed by atoms with van der Waals surface area (Å²) in [6.07, 6.45) is 0.568. The van der Waals surface area contributed by atoms with E-state index in [1.165, 1.54) is 35.5 Å². The zero-order valence-corrected chi connectivity index (χ0v) is 20.2. The van der Waals surface area contributed by atoms with Crippen LogP contribution < -0.4 is 5.32 Å². The smallest absolute Gasteiger partial charge is 0.271 e. The number of nitrogens with zero attached hydrogens (tertiary/aromatic N) is 3. The molecule has 180 valence electrons. The molecule has 0 aromatic heterocycles. The summed E-state index contributed by atoms with van der Waals surface area (Å²) in [6.45, 7) is 5.18. The normalized spacial score (nSPS) is 16.9. The number of nitro groups is 1. The minimum Gasteiger partial charge on any atom is -0.385 e. The number of methoxy groups -OCH3 is 1. The SMILES string of the molecule is COCCCN1C(=O)C(CC(=O)Nc2cccc([N+](=O)[O-])c2)SC1=Nc1ccc(C(C)C)cc1. The van der Waals surface area contributed by atoms with Crippen LogP contribution in [-0.2, 0) is 14.3 Å². The van der Waals surface area contributed by atoms with Crippen molar-refractivity contribution in [2.75, 3.05) is 25.6 Å². The van der Waals surface area contributed by atoms with Gasteiger partial charge in [-0.1, -0.05) is 43.8 Å². The Balaban J connectivity index is 1.73. The number of hydrogen-bond acceptors (Lipinski definition) is 7. The lowest BCUT2D eigenvalue weighted by atomic mass is 10.0. The molecule has 9 nitrogen and oxygen atoms in total. The number of aliphatic imine (C=N–C) groups is 1. The van der Waals surface area contributed by atoms with Crippen LogP contribution >= 0.6 is 11.8 Å². The predicted molar refractivity (Wildman–Crippen MR) is 134 cm³/mol. The van der Waals surface area contributed by atoms with E-state index in [2.05, 4.69) is 24.2 Å². The molecule has 1 unspecified atom stereocenters. The number of nitro benzene ring substituents is 1. The van der Waals surface area contributed by atoms with Gasteiger partial charge in [0.25, 0.3) is 5.69 Å². The average Bonchev–Trinajstić information content (AvgIpc) is 3.08. The van der Waals surface area contributed by atoms with Crippen LogP contribution in [-0.4, -0.2) is 52.3 Å². The summed E-state index contributed by atoms with van der Waals surface area (Å²) in [7, 11) is 1.60. The standard InChI is InChI=1S/C24H28N4O5S/c1-16(2)17-8-10-18(11-9-17)26-24-27(12-5-13-33-3)23(30)21(34-24)15-22(29)25-19-6-4-7-20(14-19)28(31)32/h4,6-11,14,16,21H,5,12-13,15H2,1-3H3,(H,25,29). The topological polar surface area (TPSA) is 114 Å². The third-order valence-corrected chi connectivity index (χ3v) is 6.42. The molecule has 0 spiro atoms. The number of thioether (sulfide) groups is 1. The second-order valence-corrected chi connectivity index (χ2v) is 9.31. The molecule has 2 aromatic carbocycles. The quantitative estimate of drug-likeness (QED) is 0.297. The fourth-order valence-electron chi connectivity index (χ4n) is 3.42. The van der Waals surface area contributed by atoms with E-state index in [0.717, 1.165) is 5.69 Å². The van der Waals surface area contributed by atoms with Gasteiger partial charge in [0, 0.05) is 44.5 Å². The molecule has 0 aliphatic carbocycles. The summed E-state index contributed by atoms with van der Waals surface area (Å²) in [6, 6.07) is 13.6. The fraction of sp³-hybridized carbons (Fsp3) is 0.375. The monoisotopic (exact) mass is 484 g/mol. The first kappa shape index (κ1) is 25.4. The third kappa shape index (κ3) is 6.64. The van der Waals surface area contributed by atoms with Crippen LogP contribution in [0.25, 0.3) is 0 Å². The zero-order chi connectivity index (χ0) is 24.7. The van der Waals surface area contributed by atoms with Crippen molar-refractivity contribution in [3.05, 3.63) is 64.2 Å². The van der Waals surface area contributed by atoms with Gasteiger partial charge >= 0.3 is 0 Å². The Morgan fingerprint density at radius 3 is 2.65 bits per heavy atom. The van der Waals surface area contributed by atoms with Crippen LogP contribution in [0.2, 0.25) is 0 Å². The Labute approximate surface area is 202 Å². The Kier molecular flexibility index (Phi) is 8.78. The minimum absolute atomic E-state index is 0.0712. The second kappa shape index (κ2) is 11.8. The molecule has 2 amide bonds. The van der Waals surface area contributed by atoms with E-state index in [1.807, 2.05) is 24.3 Å². The van der Waals surface area contributed by atoms with Gasteiger partial charge < -0.3 is 10.1 Å². The van der Waals surface area contributed by atoms with E-state index >= 15 is 0 Å². The van der Waals surface area contributed by atoms with Gasteiger partial charge in [0.2, 0.25) is 11.8 Å². The van der Waals surface area contributed by atoms with Gasteiger partial charge in [-0.3, -0.25) is 24.6 Å². The van der Waals surface area contributed by atoms with Crippen molar-refractivity contribution in [3.63, 3.8) is 0 Å². The van der Waals surface area contributed by atoms with Crippen molar-refractivity contribution in [2.45, 2.75) is 37.9 Å². The Bertz CT molecular complexity index is 1070. The third-order valence-electron chi connectivity index (χ3n) is 5.25. The lowest BCUT2D eigenvalue weighted by molar-refractivity contribution is -0.384. The molecule has 1 fully saturated rings. The summed E-state index contributed by atoms with van der Waals surface area (Å²) in [5.74, 6) is -0.179. The maximum atomic E-state index is 13.1. The van der Waals surface area contributed by atoms with Crippen molar-refractivity contribution in [3.8, 4) is 0 Å². The number of hydrogen-bond donors (Lipinski definition) is 1. The highest BCUT2D eigenvalue weighted by molar-refractivity contribution is 8.15. The molecule has 1 aliphatic rings. The summed E-state index contributed by atoms with van der Waals surface area (Å²) in [4.78, 5) is 42.4. The Hall–Kier alpha value is -3.24. The molecule has 1 heterocycles. The summed E-state index contributed by atoms with van der Waals surface area (Å²) in [5.41, 5.74) is 2.13. The first-order chi connectivity index (χ1) is 16.3. The van der Waals surface area contributed by atoms with Crippen LogP contribution in [0.15, 0.2) is 53.5 Å². The van der Waals surface area contributed by atoms with Gasteiger partial charge in [-0.05, 0) is 36.1 Å². The van der Waals surface area contributed by atoms with Gasteiger partial charge in [-0.15, -0.1) is 0 Å². The molecule has 1 N–H and O–H groups in total. The molecule has 0 radical (unpaired) electrons. The first-order valence-electron chi connectivity index (χ1n) is 11.0. The van der Waals surface area contributed by atoms with Crippen LogP contribution in [0.5, 0.6) is 0 Å². The average molecular weight is 485 g/mol. The van der Waals surface area contributed by atoms with Crippen molar-refractivity contribution >= 4 is 45.8 Å². The molecular formula is C24H28N4O5S. The number of carbonyl (C=O) groups is 2. The number of amides is 2. The van der Waals surface area contributed by atoms with Crippen LogP contribution in [0.4, 0.5) is 17.1 Å². The van der Waals surface area contributed by atoms with Crippen LogP contribution in [0, 0.1) is 10.1 Å². The van der Waals surface area contributed by atoms with Crippen molar-refractivity contribution in [2.24, 2.45) is 4.99 Å². The predicted octanol–water partition coefficient (Wildman–Crippen LogP) is 4.72. The van der Waals surface area contributed by atoms with Crippen molar-refractivity contribution in [1.82, 2.24) is 4.90 Å². The van der Waals surface area contributed by atoms with Gasteiger partial charge in [0.05, 0.1) is 10.6 Å². The highest BCUT2D eigenvalue weighted by atomic mass is 32.2. The number of carbonyl (C=O) groups excluding carboxylic acids is 2. The Morgan fingerprint density at radius 2 is 2.00 bits per heavy atom. The highest BCUT2D eigenvalue weighted by Crippen LogP contribution is 2.32. The maximum Gasteiger partial charge on any atom is 0.271 e. The van der Waals surface area contributed by atoms with Crippen LogP contribution in [0.1, 0.15) is 38.2 Å². The van der Waals surface area contributed by atoms with E-state index in [9.17, 15) is 19.7 Å². The minimum atomic E-state index is -0.630. The van der Waals surface area contributed by atoms with Gasteiger partial charge in [-0.2, -0.15) is 0 Å². The first-order valence-corrected chi connectivity index (χ1v) is 11.9. The van der Waals surface area contributed by atoms with E-state index in [-0.39, 0.29) is 18.0 Å². The number of ether oxygens (including phenoxy) is 1. The van der Waals surface area contributed by atoms with E-state index in [1.54, 1.807) is 18.1 Å². The molecule has 0 bridgehead atoms. The summed E-state index contributed by atoms with van der Waals surface area (Å²) >= 11 is 1.25. The van der Waals surface area contributed by atoms with Gasteiger partial charge in [0.1, 0.15) is 5.25 Å². The van der Waals surface area contributed by atoms with E-state index in [4.69, 9.17) is 4.74 Å². The number of non-ortho nitro benzene ring substituents is 1. The Morgan fingerprint density at radius 1 is 1.26 bits per heavy atom. The largest absolute Gasteiger partial charge is 0.385 e. The van der Waals surface area contributed by atoms with Crippen molar-refractivity contribution < 1.29 is 19.2 Å². The fourth-order valence-corrected chi connectivity index (χ4v) is 4.60.